The zero-order valence-electron chi connectivity index (χ0n) is 25.1. The van der Waals surface area contributed by atoms with E-state index in [0.717, 1.165) is 63.4 Å². The van der Waals surface area contributed by atoms with E-state index in [-0.39, 0.29) is 6.10 Å². The number of piperazine rings is 1. The minimum absolute atomic E-state index is 0.0484. The Hall–Kier alpha value is -3.19. The first-order valence-corrected chi connectivity index (χ1v) is 15.9. The topological polar surface area (TPSA) is 105 Å². The molecular formula is C31H43F3N4O4S. The van der Waals surface area contributed by atoms with Crippen molar-refractivity contribution in [2.24, 2.45) is 5.73 Å². The van der Waals surface area contributed by atoms with Crippen LogP contribution in [-0.2, 0) is 21.0 Å². The number of fused-ring (bicyclic) bond motifs is 1. The summed E-state index contributed by atoms with van der Waals surface area (Å²) in [6.45, 7) is 14.1. The summed E-state index contributed by atoms with van der Waals surface area (Å²) >= 11 is 0. The van der Waals surface area contributed by atoms with Crippen LogP contribution in [0.1, 0.15) is 40.9 Å². The van der Waals surface area contributed by atoms with Gasteiger partial charge < -0.3 is 20.7 Å². The Morgan fingerprint density at radius 2 is 1.74 bits per heavy atom. The smallest absolute Gasteiger partial charge is 0.373 e. The molecule has 8 nitrogen and oxygen atoms in total. The molecule has 0 radical (unpaired) electrons. The van der Waals surface area contributed by atoms with Gasteiger partial charge in [-0.2, -0.15) is 13.2 Å². The number of hydrogen-bond donors (Lipinski definition) is 2. The number of allylic oxidation sites excluding steroid dienone is 2. The minimum atomic E-state index is -4.30. The first kappa shape index (κ1) is 36.0. The summed E-state index contributed by atoms with van der Waals surface area (Å²) in [4.78, 5) is 16.5. The molecule has 2 aliphatic heterocycles. The first-order valence-electron chi connectivity index (χ1n) is 14.1. The highest BCUT2D eigenvalue weighted by molar-refractivity contribution is 7.90. The third kappa shape index (κ3) is 11.4. The zero-order chi connectivity index (χ0) is 32.2. The molecule has 0 aromatic heterocycles. The van der Waals surface area contributed by atoms with Crippen molar-refractivity contribution < 1.29 is 31.1 Å². The number of benzene rings is 2. The Morgan fingerprint density at radius 1 is 1.14 bits per heavy atom. The number of nitrogens with one attached hydrogen (secondary N) is 1. The lowest BCUT2D eigenvalue weighted by Gasteiger charge is -2.37. The van der Waals surface area contributed by atoms with Crippen molar-refractivity contribution >= 4 is 21.4 Å². The second-order valence-electron chi connectivity index (χ2n) is 10.2. The predicted octanol–water partition coefficient (Wildman–Crippen LogP) is 4.53. The quantitative estimate of drug-likeness (QED) is 0.416. The third-order valence-corrected chi connectivity index (χ3v) is 8.27. The van der Waals surface area contributed by atoms with Gasteiger partial charge >= 0.3 is 6.18 Å². The number of anilines is 1. The predicted molar refractivity (Wildman–Crippen MR) is 165 cm³/mol. The van der Waals surface area contributed by atoms with Crippen molar-refractivity contribution in [1.29, 1.82) is 0 Å². The van der Waals surface area contributed by atoms with Crippen LogP contribution in [0.3, 0.4) is 0 Å². The Morgan fingerprint density at radius 3 is 2.21 bits per heavy atom. The minimum Gasteiger partial charge on any atom is -0.373 e. The Kier molecular flexibility index (Phi) is 13.9. The number of ether oxygens (including phenoxy) is 1. The van der Waals surface area contributed by atoms with E-state index in [1.165, 1.54) is 11.8 Å². The van der Waals surface area contributed by atoms with Gasteiger partial charge in [0.2, 0.25) is 5.91 Å². The van der Waals surface area contributed by atoms with E-state index in [1.54, 1.807) is 18.2 Å². The van der Waals surface area contributed by atoms with Crippen LogP contribution in [0.25, 0.3) is 0 Å². The molecule has 43 heavy (non-hydrogen) atoms. The molecule has 0 bridgehead atoms. The molecule has 238 valence electrons. The van der Waals surface area contributed by atoms with E-state index >= 15 is 0 Å². The van der Waals surface area contributed by atoms with Crippen LogP contribution in [0.4, 0.5) is 18.9 Å². The van der Waals surface area contributed by atoms with E-state index in [1.807, 2.05) is 31.3 Å². The molecule has 4 rings (SSSR count). The number of nitrogens with zero attached hydrogens (tertiary/aromatic N) is 2. The molecule has 12 heteroatoms. The fourth-order valence-corrected chi connectivity index (χ4v) is 5.11. The molecule has 2 aromatic carbocycles. The number of sulfone groups is 1. The van der Waals surface area contributed by atoms with Gasteiger partial charge in [-0.1, -0.05) is 32.2 Å². The van der Waals surface area contributed by atoms with Crippen molar-refractivity contribution in [2.45, 2.75) is 36.9 Å². The van der Waals surface area contributed by atoms with Crippen molar-refractivity contribution in [1.82, 2.24) is 10.2 Å². The number of rotatable bonds is 8. The summed E-state index contributed by atoms with van der Waals surface area (Å²) in [5.41, 5.74) is 8.45. The number of halogens is 3. The largest absolute Gasteiger partial charge is 0.415 e. The van der Waals surface area contributed by atoms with Gasteiger partial charge in [0.05, 0.1) is 17.6 Å². The first-order chi connectivity index (χ1) is 20.2. The van der Waals surface area contributed by atoms with Crippen LogP contribution in [0.2, 0.25) is 0 Å². The van der Waals surface area contributed by atoms with E-state index in [4.69, 9.17) is 10.5 Å². The Balaban J connectivity index is 0.000000456. The van der Waals surface area contributed by atoms with Crippen LogP contribution in [0.5, 0.6) is 0 Å². The van der Waals surface area contributed by atoms with E-state index in [9.17, 15) is 26.4 Å². The molecule has 1 saturated heterocycles. The number of carbonyl (C=O) groups excluding carboxylic acids is 1. The van der Waals surface area contributed by atoms with Gasteiger partial charge in [-0.3, -0.25) is 9.69 Å². The number of alkyl halides is 3. The molecule has 3 N–H and O–H groups in total. The summed E-state index contributed by atoms with van der Waals surface area (Å²) in [6.07, 6.45) is -0.629. The Labute approximate surface area is 253 Å². The van der Waals surface area contributed by atoms with Crippen molar-refractivity contribution in [3.05, 3.63) is 84.0 Å². The number of primary amides is 1. The molecule has 2 aliphatic rings. The number of amides is 1. The van der Waals surface area contributed by atoms with Gasteiger partial charge in [0.1, 0.15) is 0 Å². The van der Waals surface area contributed by atoms with Crippen molar-refractivity contribution in [2.75, 3.05) is 64.1 Å². The number of carbonyl (C=O) groups is 1. The summed E-state index contributed by atoms with van der Waals surface area (Å²) in [5, 5.41) is 2.93. The summed E-state index contributed by atoms with van der Waals surface area (Å²) in [5.74, 6) is -0.394. The van der Waals surface area contributed by atoms with Crippen LogP contribution < -0.4 is 16.0 Å². The number of hydrogen-bond acceptors (Lipinski definition) is 7. The second kappa shape index (κ2) is 16.6. The molecule has 2 heterocycles. The monoisotopic (exact) mass is 624 g/mol. The molecule has 0 spiro atoms. The standard InChI is InChI=1S/C23H29N3O4S.C5H5F3.C3H9N/c1-31(28,29)20-5-3-19(4-6-20)26-13-11-25(12-14-26)10-8-22-21-7-2-18(23(24)27)16-17(21)9-15-30-22;1-3-4(2)5(6,7)8;1-3-4-2/h2-7,16,22H,8-15H2,1H3,(H2,24,27);3H,1-2H2;4H,3H2,1-2H3. The highest BCUT2D eigenvalue weighted by atomic mass is 32.2. The lowest BCUT2D eigenvalue weighted by atomic mass is 9.93. The third-order valence-electron chi connectivity index (χ3n) is 7.14. The fourth-order valence-electron chi connectivity index (χ4n) is 4.48. The zero-order valence-corrected chi connectivity index (χ0v) is 25.9. The van der Waals surface area contributed by atoms with Gasteiger partial charge in [0.25, 0.3) is 0 Å². The van der Waals surface area contributed by atoms with Gasteiger partial charge in [0, 0.05) is 55.8 Å². The fraction of sp³-hybridized carbons (Fsp3) is 0.452. The average molecular weight is 625 g/mol. The molecule has 1 atom stereocenters. The summed E-state index contributed by atoms with van der Waals surface area (Å²) in [7, 11) is -1.24. The van der Waals surface area contributed by atoms with E-state index in [2.05, 4.69) is 35.2 Å². The van der Waals surface area contributed by atoms with Gasteiger partial charge in [0.15, 0.2) is 9.84 Å². The highest BCUT2D eigenvalue weighted by Crippen LogP contribution is 2.31. The van der Waals surface area contributed by atoms with Crippen LogP contribution >= 0.6 is 0 Å². The van der Waals surface area contributed by atoms with Gasteiger partial charge in [-0.05, 0) is 74.0 Å². The molecule has 1 fully saturated rings. The van der Waals surface area contributed by atoms with Crippen molar-refractivity contribution in [3.63, 3.8) is 0 Å². The SMILES string of the molecule is C=CC(=C)C(F)(F)F.CCNC.CS(=O)(=O)c1ccc(N2CCN(CCC3OCCc4cc(C(N)=O)ccc43)CC2)cc1. The van der Waals surface area contributed by atoms with Crippen LogP contribution in [0, 0.1) is 0 Å². The molecular weight excluding hydrogens is 581 g/mol. The maximum absolute atomic E-state index is 11.6. The Bertz CT molecular complexity index is 1320. The lowest BCUT2D eigenvalue weighted by molar-refractivity contribution is -0.0877. The van der Waals surface area contributed by atoms with Gasteiger partial charge in [-0.25, -0.2) is 8.42 Å². The maximum Gasteiger partial charge on any atom is 0.415 e. The number of nitrogens with two attached hydrogens (primary N) is 1. The molecule has 1 unspecified atom stereocenters. The molecule has 2 aromatic rings. The van der Waals surface area contributed by atoms with E-state index in [0.29, 0.717) is 23.1 Å². The summed E-state index contributed by atoms with van der Waals surface area (Å²) < 4.78 is 63.1. The highest BCUT2D eigenvalue weighted by Gasteiger charge is 2.29. The molecule has 1 amide bonds. The normalized spacial score (nSPS) is 17.0. The second-order valence-corrected chi connectivity index (χ2v) is 12.2. The molecule has 0 aliphatic carbocycles. The van der Waals surface area contributed by atoms with Crippen LogP contribution in [0.15, 0.2) is 72.2 Å². The maximum atomic E-state index is 11.6. The van der Waals surface area contributed by atoms with Crippen LogP contribution in [-0.4, -0.2) is 84.6 Å². The van der Waals surface area contributed by atoms with E-state index < -0.39 is 27.5 Å². The van der Waals surface area contributed by atoms with Crippen molar-refractivity contribution in [3.8, 4) is 0 Å². The molecule has 0 saturated carbocycles. The average Bonchev–Trinajstić information content (AvgIpc) is 2.99. The lowest BCUT2D eigenvalue weighted by Crippen LogP contribution is -2.47. The van der Waals surface area contributed by atoms with Gasteiger partial charge in [-0.15, -0.1) is 0 Å². The summed E-state index contributed by atoms with van der Waals surface area (Å²) in [6, 6.07) is 12.8.